The van der Waals surface area contributed by atoms with Crippen LogP contribution in [-0.2, 0) is 11.3 Å². The molecule has 0 aliphatic rings. The Labute approximate surface area is 169 Å². The molecule has 0 amide bonds. The van der Waals surface area contributed by atoms with E-state index in [0.717, 1.165) is 17.5 Å². The Balaban J connectivity index is 1.84. The highest BCUT2D eigenvalue weighted by molar-refractivity contribution is 6.08. The summed E-state index contributed by atoms with van der Waals surface area (Å²) in [5.74, 6) is 0.321. The minimum absolute atomic E-state index is 0.290. The molecule has 29 heavy (non-hydrogen) atoms. The smallest absolute Gasteiger partial charge is 0.344 e. The molecule has 0 saturated carbocycles. The summed E-state index contributed by atoms with van der Waals surface area (Å²) >= 11 is 0. The third kappa shape index (κ3) is 3.78. The van der Waals surface area contributed by atoms with Gasteiger partial charge in [0.25, 0.3) is 0 Å². The van der Waals surface area contributed by atoms with Crippen molar-refractivity contribution in [2.45, 2.75) is 26.8 Å². The van der Waals surface area contributed by atoms with Crippen LogP contribution in [0.4, 0.5) is 5.82 Å². The monoisotopic (exact) mass is 388 g/mol. The fourth-order valence-electron chi connectivity index (χ4n) is 3.30. The minimum Gasteiger partial charge on any atom is -0.462 e. The van der Waals surface area contributed by atoms with E-state index in [-0.39, 0.29) is 5.56 Å². The van der Waals surface area contributed by atoms with E-state index in [1.165, 1.54) is 0 Å². The van der Waals surface area contributed by atoms with Gasteiger partial charge in [-0.1, -0.05) is 56.3 Å². The summed E-state index contributed by atoms with van der Waals surface area (Å²) in [5, 5.41) is 0. The van der Waals surface area contributed by atoms with Crippen LogP contribution in [0.3, 0.4) is 0 Å². The maximum Gasteiger partial charge on any atom is 0.344 e. The Bertz CT molecular complexity index is 1170. The van der Waals surface area contributed by atoms with Crippen molar-refractivity contribution in [1.82, 2.24) is 14.5 Å². The third-order valence-corrected chi connectivity index (χ3v) is 4.91. The molecule has 2 aromatic carbocycles. The summed E-state index contributed by atoms with van der Waals surface area (Å²) in [5.41, 5.74) is 10.3. The van der Waals surface area contributed by atoms with Gasteiger partial charge in [-0.05, 0) is 30.0 Å². The lowest BCUT2D eigenvalue weighted by Gasteiger charge is -2.08. The summed E-state index contributed by atoms with van der Waals surface area (Å²) in [7, 11) is 0. The summed E-state index contributed by atoms with van der Waals surface area (Å²) in [6.45, 7) is 5.02. The number of hydrogen-bond acceptors (Lipinski definition) is 5. The number of rotatable bonds is 6. The molecule has 6 nitrogen and oxygen atoms in total. The predicted molar refractivity (Wildman–Crippen MR) is 115 cm³/mol. The van der Waals surface area contributed by atoms with Gasteiger partial charge in [0.05, 0.1) is 24.2 Å². The zero-order valence-electron chi connectivity index (χ0n) is 16.6. The maximum atomic E-state index is 12.9. The second-order valence-corrected chi connectivity index (χ2v) is 7.53. The van der Waals surface area contributed by atoms with Crippen molar-refractivity contribution in [3.63, 3.8) is 0 Å². The first kappa shape index (κ1) is 18.9. The van der Waals surface area contributed by atoms with Gasteiger partial charge in [-0.3, -0.25) is 0 Å². The number of para-hydroxylation sites is 2. The average molecular weight is 388 g/mol. The number of anilines is 1. The first-order chi connectivity index (χ1) is 14.0. The fourth-order valence-corrected chi connectivity index (χ4v) is 3.30. The van der Waals surface area contributed by atoms with Gasteiger partial charge < -0.3 is 15.0 Å². The van der Waals surface area contributed by atoms with Gasteiger partial charge in [-0.2, -0.15) is 0 Å². The Morgan fingerprint density at radius 2 is 1.69 bits per heavy atom. The molecule has 0 spiro atoms. The van der Waals surface area contributed by atoms with Gasteiger partial charge in [0, 0.05) is 0 Å². The van der Waals surface area contributed by atoms with Crippen molar-refractivity contribution in [2.75, 3.05) is 12.3 Å². The minimum atomic E-state index is -0.454. The molecule has 4 rings (SSSR count). The van der Waals surface area contributed by atoms with Crippen molar-refractivity contribution in [3.05, 3.63) is 65.7 Å². The number of ether oxygens (including phenoxy) is 1. The number of nitrogens with zero attached hydrogens (tertiary/aromatic N) is 3. The van der Waals surface area contributed by atoms with Crippen LogP contribution in [0.15, 0.2) is 54.6 Å². The van der Waals surface area contributed by atoms with Crippen molar-refractivity contribution >= 4 is 34.0 Å². The number of benzene rings is 2. The van der Waals surface area contributed by atoms with Gasteiger partial charge in [0.2, 0.25) is 0 Å². The average Bonchev–Trinajstić information content (AvgIpc) is 2.97. The van der Waals surface area contributed by atoms with E-state index in [9.17, 15) is 4.79 Å². The van der Waals surface area contributed by atoms with Gasteiger partial charge in [0.1, 0.15) is 16.9 Å². The van der Waals surface area contributed by atoms with Crippen molar-refractivity contribution < 1.29 is 9.53 Å². The van der Waals surface area contributed by atoms with E-state index in [0.29, 0.717) is 41.6 Å². The molecule has 0 atom stereocenters. The Morgan fingerprint density at radius 3 is 2.38 bits per heavy atom. The highest BCUT2D eigenvalue weighted by Gasteiger charge is 2.25. The summed E-state index contributed by atoms with van der Waals surface area (Å²) in [6.07, 6.45) is 0.795. The third-order valence-electron chi connectivity index (χ3n) is 4.91. The maximum absolute atomic E-state index is 12.9. The van der Waals surface area contributed by atoms with Crippen molar-refractivity contribution in [1.29, 1.82) is 0 Å². The van der Waals surface area contributed by atoms with Gasteiger partial charge in [-0.15, -0.1) is 0 Å². The van der Waals surface area contributed by atoms with E-state index >= 15 is 0 Å². The molecular weight excluding hydrogens is 364 g/mol. The van der Waals surface area contributed by atoms with Crippen molar-refractivity contribution in [2.24, 2.45) is 5.92 Å². The van der Waals surface area contributed by atoms with Crippen LogP contribution in [0.2, 0.25) is 0 Å². The molecule has 0 unspecified atom stereocenters. The number of nitrogen functional groups attached to an aromatic ring is 1. The molecule has 0 aliphatic carbocycles. The van der Waals surface area contributed by atoms with E-state index < -0.39 is 5.97 Å². The number of aromatic nitrogens is 3. The molecule has 0 saturated heterocycles. The van der Waals surface area contributed by atoms with Crippen LogP contribution < -0.4 is 5.73 Å². The molecule has 0 aliphatic heterocycles. The van der Waals surface area contributed by atoms with Gasteiger partial charge in [0.15, 0.2) is 5.65 Å². The molecule has 2 heterocycles. The molecule has 6 heteroatoms. The lowest BCUT2D eigenvalue weighted by atomic mass is 10.1. The largest absolute Gasteiger partial charge is 0.462 e. The lowest BCUT2D eigenvalue weighted by Crippen LogP contribution is -2.12. The number of nitrogens with two attached hydrogens (primary N) is 1. The SMILES string of the molecule is CC(C)CCOC(=O)c1c(N)n(Cc2ccccc2)c2nc3ccccc3nc12. The lowest BCUT2D eigenvalue weighted by molar-refractivity contribution is 0.0491. The topological polar surface area (TPSA) is 83.0 Å². The first-order valence-electron chi connectivity index (χ1n) is 9.80. The molecular formula is C23H24N4O2. The fraction of sp³-hybridized carbons (Fsp3) is 0.261. The highest BCUT2D eigenvalue weighted by Crippen LogP contribution is 2.29. The van der Waals surface area contributed by atoms with Crippen LogP contribution >= 0.6 is 0 Å². The Kier molecular flexibility index (Phi) is 5.16. The normalized spacial score (nSPS) is 11.4. The number of carbonyl (C=O) groups excluding carboxylic acids is 1. The predicted octanol–water partition coefficient (Wildman–Crippen LogP) is 4.42. The number of esters is 1. The second kappa shape index (κ2) is 7.91. The second-order valence-electron chi connectivity index (χ2n) is 7.53. The van der Waals surface area contributed by atoms with Crippen LogP contribution in [0.5, 0.6) is 0 Å². The van der Waals surface area contributed by atoms with Crippen molar-refractivity contribution in [3.8, 4) is 0 Å². The first-order valence-corrected chi connectivity index (χ1v) is 9.80. The van der Waals surface area contributed by atoms with Crippen LogP contribution in [0, 0.1) is 5.92 Å². The Morgan fingerprint density at radius 1 is 1.03 bits per heavy atom. The molecule has 0 bridgehead atoms. The molecule has 4 aromatic rings. The quantitative estimate of drug-likeness (QED) is 0.495. The summed E-state index contributed by atoms with van der Waals surface area (Å²) < 4.78 is 7.34. The Hall–Kier alpha value is -3.41. The van der Waals surface area contributed by atoms with Crippen LogP contribution in [-0.4, -0.2) is 27.1 Å². The molecule has 0 fully saturated rings. The number of carbonyl (C=O) groups is 1. The standard InChI is InChI=1S/C23H24N4O2/c1-15(2)12-13-29-23(28)19-20-22(26-18-11-7-6-10-17(18)25-20)27(21(19)24)14-16-8-4-3-5-9-16/h3-11,15H,12-14,24H2,1-2H3. The van der Waals surface area contributed by atoms with E-state index in [1.807, 2.05) is 59.2 Å². The molecule has 0 radical (unpaired) electrons. The van der Waals surface area contributed by atoms with Gasteiger partial charge in [-0.25, -0.2) is 14.8 Å². The number of hydrogen-bond donors (Lipinski definition) is 1. The zero-order chi connectivity index (χ0) is 20.4. The molecule has 2 N–H and O–H groups in total. The van der Waals surface area contributed by atoms with Crippen LogP contribution in [0.1, 0.15) is 36.2 Å². The highest BCUT2D eigenvalue weighted by atomic mass is 16.5. The summed E-state index contributed by atoms with van der Waals surface area (Å²) in [4.78, 5) is 22.3. The number of fused-ring (bicyclic) bond motifs is 2. The van der Waals surface area contributed by atoms with E-state index in [4.69, 9.17) is 20.4 Å². The molecule has 2 aromatic heterocycles. The van der Waals surface area contributed by atoms with Gasteiger partial charge >= 0.3 is 5.97 Å². The zero-order valence-corrected chi connectivity index (χ0v) is 16.6. The van der Waals surface area contributed by atoms with E-state index in [2.05, 4.69) is 13.8 Å². The summed E-state index contributed by atoms with van der Waals surface area (Å²) in [6, 6.07) is 17.5. The molecule has 148 valence electrons. The van der Waals surface area contributed by atoms with E-state index in [1.54, 1.807) is 0 Å². The van der Waals surface area contributed by atoms with Crippen LogP contribution in [0.25, 0.3) is 22.2 Å².